The molecule has 0 unspecified atom stereocenters. The minimum absolute atomic E-state index is 0.227. The van der Waals surface area contributed by atoms with Gasteiger partial charge in [0.05, 0.1) is 12.3 Å². The highest BCUT2D eigenvalue weighted by atomic mass is 35.5. The third-order valence-electron chi connectivity index (χ3n) is 4.16. The van der Waals surface area contributed by atoms with Crippen molar-refractivity contribution in [3.8, 4) is 11.4 Å². The molecule has 0 atom stereocenters. The van der Waals surface area contributed by atoms with E-state index in [0.29, 0.717) is 23.6 Å². The van der Waals surface area contributed by atoms with Crippen LogP contribution in [0.3, 0.4) is 0 Å². The van der Waals surface area contributed by atoms with Crippen molar-refractivity contribution in [3.05, 3.63) is 77.1 Å². The lowest BCUT2D eigenvalue weighted by atomic mass is 10.2. The molecule has 29 heavy (non-hydrogen) atoms. The number of hydrogen-bond donors (Lipinski definition) is 2. The molecule has 0 aliphatic carbocycles. The number of carbonyl (C=O) groups excluding carboxylic acids is 2. The molecule has 150 valence electrons. The Morgan fingerprint density at radius 3 is 2.62 bits per heavy atom. The summed E-state index contributed by atoms with van der Waals surface area (Å²) in [7, 11) is 0. The zero-order chi connectivity index (χ0) is 20.6. The van der Waals surface area contributed by atoms with Crippen LogP contribution in [0.25, 0.3) is 5.69 Å². The number of rotatable bonds is 7. The fourth-order valence-electron chi connectivity index (χ4n) is 2.64. The Kier molecular flexibility index (Phi) is 6.86. The SMILES string of the molecule is Cc1cc(Cl)ccc1OCCCC(=O)NNC(=O)c1ccc(-n2cccn2)cc1. The maximum atomic E-state index is 12.1. The number of carbonyl (C=O) groups is 2. The van der Waals surface area contributed by atoms with Crippen LogP contribution in [0.4, 0.5) is 0 Å². The first-order valence-corrected chi connectivity index (χ1v) is 9.49. The molecular formula is C21H21ClN4O3. The van der Waals surface area contributed by atoms with Crippen molar-refractivity contribution in [2.45, 2.75) is 19.8 Å². The van der Waals surface area contributed by atoms with Gasteiger partial charge < -0.3 is 4.74 Å². The monoisotopic (exact) mass is 412 g/mol. The van der Waals surface area contributed by atoms with Crippen LogP contribution in [0, 0.1) is 6.92 Å². The average molecular weight is 413 g/mol. The van der Waals surface area contributed by atoms with Crippen LogP contribution < -0.4 is 15.6 Å². The van der Waals surface area contributed by atoms with Gasteiger partial charge in [-0.15, -0.1) is 0 Å². The van der Waals surface area contributed by atoms with Gasteiger partial charge in [-0.2, -0.15) is 5.10 Å². The Morgan fingerprint density at radius 2 is 1.93 bits per heavy atom. The fraction of sp³-hybridized carbons (Fsp3) is 0.190. The van der Waals surface area contributed by atoms with Crippen molar-refractivity contribution in [1.82, 2.24) is 20.6 Å². The van der Waals surface area contributed by atoms with Crippen LogP contribution in [0.15, 0.2) is 60.9 Å². The number of amides is 2. The average Bonchev–Trinajstić information content (AvgIpc) is 3.25. The first kappa shape index (κ1) is 20.4. The molecule has 8 heteroatoms. The number of halogens is 1. The molecule has 2 aromatic carbocycles. The molecule has 1 heterocycles. The molecule has 3 rings (SSSR count). The number of ether oxygens (including phenoxy) is 1. The van der Waals surface area contributed by atoms with Crippen LogP contribution in [0.5, 0.6) is 5.75 Å². The van der Waals surface area contributed by atoms with Gasteiger partial charge in [-0.25, -0.2) is 4.68 Å². The highest BCUT2D eigenvalue weighted by Crippen LogP contribution is 2.21. The predicted molar refractivity (Wildman–Crippen MR) is 110 cm³/mol. The molecule has 2 N–H and O–H groups in total. The lowest BCUT2D eigenvalue weighted by molar-refractivity contribution is -0.122. The largest absolute Gasteiger partial charge is 0.493 e. The molecule has 0 saturated carbocycles. The van der Waals surface area contributed by atoms with Crippen molar-refractivity contribution in [1.29, 1.82) is 0 Å². The number of hydrogen-bond acceptors (Lipinski definition) is 4. The van der Waals surface area contributed by atoms with Gasteiger partial charge in [-0.05, 0) is 67.4 Å². The van der Waals surface area contributed by atoms with E-state index in [9.17, 15) is 9.59 Å². The standard InChI is InChI=1S/C21H21ClN4O3/c1-15-14-17(22)7-10-19(15)29-13-2-4-20(27)24-25-21(28)16-5-8-18(9-6-16)26-12-3-11-23-26/h3,5-12,14H,2,4,13H2,1H3,(H,24,27)(H,25,28). The Morgan fingerprint density at radius 1 is 1.14 bits per heavy atom. The van der Waals surface area contributed by atoms with Gasteiger partial charge in [0.25, 0.3) is 5.91 Å². The molecule has 0 radical (unpaired) electrons. The smallest absolute Gasteiger partial charge is 0.269 e. The van der Waals surface area contributed by atoms with Gasteiger partial charge in [-0.1, -0.05) is 11.6 Å². The first-order valence-electron chi connectivity index (χ1n) is 9.11. The van der Waals surface area contributed by atoms with E-state index in [1.165, 1.54) is 0 Å². The van der Waals surface area contributed by atoms with Crippen molar-refractivity contribution in [2.24, 2.45) is 0 Å². The number of nitrogens with one attached hydrogen (secondary N) is 2. The molecule has 0 aliphatic heterocycles. The summed E-state index contributed by atoms with van der Waals surface area (Å²) >= 11 is 5.91. The molecule has 0 aliphatic rings. The number of nitrogens with zero attached hydrogens (tertiary/aromatic N) is 2. The highest BCUT2D eigenvalue weighted by Gasteiger charge is 2.08. The summed E-state index contributed by atoms with van der Waals surface area (Å²) < 4.78 is 7.34. The summed E-state index contributed by atoms with van der Waals surface area (Å²) in [5, 5.41) is 4.78. The molecule has 7 nitrogen and oxygen atoms in total. The van der Waals surface area contributed by atoms with Crippen LogP contribution in [-0.4, -0.2) is 28.2 Å². The minimum Gasteiger partial charge on any atom is -0.493 e. The van der Waals surface area contributed by atoms with Crippen molar-refractivity contribution in [3.63, 3.8) is 0 Å². The van der Waals surface area contributed by atoms with Gasteiger partial charge in [0, 0.05) is 29.4 Å². The van der Waals surface area contributed by atoms with Gasteiger partial charge in [0.1, 0.15) is 5.75 Å². The van der Waals surface area contributed by atoms with E-state index in [1.54, 1.807) is 47.3 Å². The third kappa shape index (κ3) is 5.83. The number of benzene rings is 2. The molecule has 0 bridgehead atoms. The van der Waals surface area contributed by atoms with Gasteiger partial charge in [-0.3, -0.25) is 20.4 Å². The Balaban J connectivity index is 1.38. The second-order valence-corrected chi connectivity index (χ2v) is 6.80. The van der Waals surface area contributed by atoms with E-state index in [0.717, 1.165) is 17.0 Å². The van der Waals surface area contributed by atoms with E-state index in [1.807, 2.05) is 25.3 Å². The minimum atomic E-state index is -0.390. The molecule has 0 fully saturated rings. The van der Waals surface area contributed by atoms with E-state index in [-0.39, 0.29) is 12.3 Å². The maximum Gasteiger partial charge on any atom is 0.269 e. The number of aromatic nitrogens is 2. The summed E-state index contributed by atoms with van der Waals surface area (Å²) in [6.07, 6.45) is 4.23. The van der Waals surface area contributed by atoms with Gasteiger partial charge in [0.2, 0.25) is 5.91 Å². The number of hydrazine groups is 1. The lowest BCUT2D eigenvalue weighted by Crippen LogP contribution is -2.41. The van der Waals surface area contributed by atoms with Crippen molar-refractivity contribution >= 4 is 23.4 Å². The Labute approximate surface area is 173 Å². The molecule has 2 amide bonds. The molecule has 3 aromatic rings. The summed E-state index contributed by atoms with van der Waals surface area (Å²) in [6.45, 7) is 2.30. The molecule has 0 spiro atoms. The van der Waals surface area contributed by atoms with Crippen molar-refractivity contribution in [2.75, 3.05) is 6.61 Å². The van der Waals surface area contributed by atoms with Crippen LogP contribution in [0.2, 0.25) is 5.02 Å². The summed E-state index contributed by atoms with van der Waals surface area (Å²) in [6, 6.07) is 14.1. The third-order valence-corrected chi connectivity index (χ3v) is 4.39. The zero-order valence-corrected chi connectivity index (χ0v) is 16.6. The predicted octanol–water partition coefficient (Wildman–Crippen LogP) is 3.45. The zero-order valence-electron chi connectivity index (χ0n) is 15.9. The second-order valence-electron chi connectivity index (χ2n) is 6.36. The fourth-order valence-corrected chi connectivity index (χ4v) is 2.86. The summed E-state index contributed by atoms with van der Waals surface area (Å²) in [5.41, 5.74) is 7.03. The lowest BCUT2D eigenvalue weighted by Gasteiger charge is -2.10. The normalized spacial score (nSPS) is 10.4. The maximum absolute atomic E-state index is 12.1. The number of aryl methyl sites for hydroxylation is 1. The highest BCUT2D eigenvalue weighted by molar-refractivity contribution is 6.30. The Hall–Kier alpha value is -3.32. The topological polar surface area (TPSA) is 85.3 Å². The van der Waals surface area contributed by atoms with Crippen LogP contribution in [0.1, 0.15) is 28.8 Å². The summed E-state index contributed by atoms with van der Waals surface area (Å²) in [4.78, 5) is 24.0. The van der Waals surface area contributed by atoms with E-state index < -0.39 is 5.91 Å². The van der Waals surface area contributed by atoms with Crippen LogP contribution in [-0.2, 0) is 4.79 Å². The second kappa shape index (κ2) is 9.75. The molecule has 0 saturated heterocycles. The molecular weight excluding hydrogens is 392 g/mol. The quantitative estimate of drug-likeness (QED) is 0.459. The Bertz CT molecular complexity index is 972. The molecule has 1 aromatic heterocycles. The van der Waals surface area contributed by atoms with Gasteiger partial charge in [0.15, 0.2) is 0 Å². The van der Waals surface area contributed by atoms with E-state index in [4.69, 9.17) is 16.3 Å². The van der Waals surface area contributed by atoms with E-state index >= 15 is 0 Å². The van der Waals surface area contributed by atoms with Crippen LogP contribution >= 0.6 is 11.6 Å². The first-order chi connectivity index (χ1) is 14.0. The van der Waals surface area contributed by atoms with E-state index in [2.05, 4.69) is 16.0 Å². The van der Waals surface area contributed by atoms with Gasteiger partial charge >= 0.3 is 0 Å². The summed E-state index contributed by atoms with van der Waals surface area (Å²) in [5.74, 6) is 0.0583. The van der Waals surface area contributed by atoms with Crippen molar-refractivity contribution < 1.29 is 14.3 Å².